The van der Waals surface area contributed by atoms with E-state index in [1.165, 1.54) is 6.92 Å². The number of primary sulfonamides is 1. The van der Waals surface area contributed by atoms with Gasteiger partial charge in [-0.15, -0.1) is 5.06 Å². The molecule has 154 valence electrons. The number of sulfonamides is 1. The summed E-state index contributed by atoms with van der Waals surface area (Å²) in [4.78, 5) is 28.2. The van der Waals surface area contributed by atoms with Gasteiger partial charge in [0.25, 0.3) is 5.91 Å². The van der Waals surface area contributed by atoms with Crippen LogP contribution in [0.3, 0.4) is 0 Å². The van der Waals surface area contributed by atoms with Crippen molar-refractivity contribution in [3.63, 3.8) is 0 Å². The Morgan fingerprint density at radius 3 is 2.60 bits per heavy atom. The van der Waals surface area contributed by atoms with Gasteiger partial charge < -0.3 is 0 Å². The Balaban J connectivity index is 1.83. The first kappa shape index (κ1) is 21.2. The lowest BCUT2D eigenvalue weighted by Crippen LogP contribution is -2.30. The van der Waals surface area contributed by atoms with Crippen molar-refractivity contribution >= 4 is 32.4 Å². The zero-order valence-corrected chi connectivity index (χ0v) is 17.2. The summed E-state index contributed by atoms with van der Waals surface area (Å²) in [5, 5.41) is 8.59. The van der Waals surface area contributed by atoms with E-state index < -0.39 is 15.9 Å². The molecule has 0 bridgehead atoms. The number of nitrogens with two attached hydrogens (primary N) is 1. The van der Waals surface area contributed by atoms with Crippen LogP contribution in [0.5, 0.6) is 0 Å². The summed E-state index contributed by atoms with van der Waals surface area (Å²) in [6.45, 7) is 1.42. The van der Waals surface area contributed by atoms with Crippen LogP contribution >= 0.6 is 11.3 Å². The van der Waals surface area contributed by atoms with Gasteiger partial charge in [-0.05, 0) is 30.2 Å². The first-order chi connectivity index (χ1) is 14.3. The quantitative estimate of drug-likeness (QED) is 0.254. The van der Waals surface area contributed by atoms with Gasteiger partial charge in [0, 0.05) is 16.7 Å². The fraction of sp³-hybridized carbons (Fsp3) is 0.118. The normalized spacial score (nSPS) is 10.9. The molecule has 3 aromatic rings. The van der Waals surface area contributed by atoms with Gasteiger partial charge in [0.05, 0.1) is 17.8 Å². The average Bonchev–Trinajstić information content (AvgIpc) is 3.11. The van der Waals surface area contributed by atoms with Crippen molar-refractivity contribution in [3.05, 3.63) is 70.4 Å². The molecule has 0 aliphatic rings. The molecule has 30 heavy (non-hydrogen) atoms. The molecule has 13 heteroatoms. The highest BCUT2D eigenvalue weighted by Gasteiger charge is 2.26. The van der Waals surface area contributed by atoms with Crippen molar-refractivity contribution in [1.82, 2.24) is 9.97 Å². The van der Waals surface area contributed by atoms with Crippen LogP contribution in [0.15, 0.2) is 58.1 Å². The van der Waals surface area contributed by atoms with E-state index >= 15 is 0 Å². The third kappa shape index (κ3) is 4.90. The predicted octanol–water partition coefficient (Wildman–Crippen LogP) is 2.89. The molecule has 0 unspecified atom stereocenters. The molecule has 0 saturated heterocycles. The molecule has 3 rings (SSSR count). The largest absolute Gasteiger partial charge is 0.294 e. The van der Waals surface area contributed by atoms with Crippen LogP contribution in [-0.2, 0) is 26.2 Å². The van der Waals surface area contributed by atoms with Gasteiger partial charge in [-0.2, -0.15) is 0 Å². The summed E-state index contributed by atoms with van der Waals surface area (Å²) in [5.41, 5.74) is 10.9. The van der Waals surface area contributed by atoms with Crippen LogP contribution in [0.4, 0.5) is 5.13 Å². The molecular weight excluding hydrogens is 430 g/mol. The van der Waals surface area contributed by atoms with E-state index in [1.54, 1.807) is 18.3 Å². The van der Waals surface area contributed by atoms with E-state index in [0.717, 1.165) is 11.3 Å². The SMILES string of the molecule is Cc1nc(N(ON=[N+]=[N-])C(=O)Cc2ccc(-c3ccccn3)cc2)sc1S(N)(=O)=O. The number of amides is 1. The number of rotatable bonds is 7. The summed E-state index contributed by atoms with van der Waals surface area (Å²) in [7, 11) is -4.03. The summed E-state index contributed by atoms with van der Waals surface area (Å²) < 4.78 is 23.0. The molecule has 1 amide bonds. The number of thiazole rings is 1. The van der Waals surface area contributed by atoms with Crippen LogP contribution in [0, 0.1) is 6.92 Å². The zero-order valence-electron chi connectivity index (χ0n) is 15.5. The van der Waals surface area contributed by atoms with Gasteiger partial charge >= 0.3 is 0 Å². The number of hydrogen-bond acceptors (Lipinski definition) is 8. The van der Waals surface area contributed by atoms with E-state index in [1.807, 2.05) is 30.3 Å². The number of hydrogen-bond donors (Lipinski definition) is 1. The lowest BCUT2D eigenvalue weighted by molar-refractivity contribution is -0.125. The second-order valence-corrected chi connectivity index (χ2v) is 8.68. The third-order valence-corrected chi connectivity index (χ3v) is 6.51. The van der Waals surface area contributed by atoms with Crippen molar-refractivity contribution in [2.45, 2.75) is 17.6 Å². The molecule has 2 aromatic heterocycles. The number of anilines is 1. The third-order valence-electron chi connectivity index (χ3n) is 3.83. The molecule has 0 radical (unpaired) electrons. The number of nitrogens with zero attached hydrogens (tertiary/aromatic N) is 6. The van der Waals surface area contributed by atoms with E-state index in [-0.39, 0.29) is 21.5 Å². The highest BCUT2D eigenvalue weighted by Crippen LogP contribution is 2.30. The molecule has 2 N–H and O–H groups in total. The Labute approximate surface area is 175 Å². The van der Waals surface area contributed by atoms with Crippen LogP contribution in [0.2, 0.25) is 0 Å². The van der Waals surface area contributed by atoms with Crippen LogP contribution < -0.4 is 10.2 Å². The van der Waals surface area contributed by atoms with Crippen LogP contribution in [-0.4, -0.2) is 24.3 Å². The fourth-order valence-corrected chi connectivity index (χ4v) is 4.44. The topological polar surface area (TPSA) is 164 Å². The minimum atomic E-state index is -4.03. The number of hydroxylamine groups is 1. The number of carbonyl (C=O) groups excluding carboxylic acids is 1. The second-order valence-electron chi connectivity index (χ2n) is 5.94. The van der Waals surface area contributed by atoms with Gasteiger partial charge in [-0.3, -0.25) is 14.7 Å². The van der Waals surface area contributed by atoms with Gasteiger partial charge in [0.15, 0.2) is 4.21 Å². The molecule has 0 fully saturated rings. The van der Waals surface area contributed by atoms with Crippen molar-refractivity contribution < 1.29 is 18.2 Å². The minimum Gasteiger partial charge on any atom is -0.294 e. The first-order valence-corrected chi connectivity index (χ1v) is 10.7. The predicted molar refractivity (Wildman–Crippen MR) is 109 cm³/mol. The Bertz CT molecular complexity index is 1200. The highest BCUT2D eigenvalue weighted by atomic mass is 32.2. The van der Waals surface area contributed by atoms with Crippen molar-refractivity contribution in [1.29, 1.82) is 0 Å². The number of pyridine rings is 1. The number of carbonyl (C=O) groups is 1. The average molecular weight is 445 g/mol. The van der Waals surface area contributed by atoms with E-state index in [9.17, 15) is 13.2 Å². The standard InChI is InChI=1S/C17H15N7O4S2/c1-11-16(30(19,26)27)29-17(21-11)24(28-23-22-18)15(25)10-12-5-7-13(8-6-12)14-4-2-3-9-20-14/h2-9H,10H2,1H3,(H2,19,26,27). The molecule has 0 atom stereocenters. The number of azide groups is 1. The molecule has 0 spiro atoms. The molecule has 1 aromatic carbocycles. The van der Waals surface area contributed by atoms with Gasteiger partial charge in [-0.1, -0.05) is 41.7 Å². The van der Waals surface area contributed by atoms with Gasteiger partial charge in [0.2, 0.25) is 15.2 Å². The number of aryl methyl sites for hydroxylation is 1. The number of aromatic nitrogens is 2. The van der Waals surface area contributed by atoms with Gasteiger partial charge in [-0.25, -0.2) is 18.5 Å². The van der Waals surface area contributed by atoms with E-state index in [0.29, 0.717) is 22.0 Å². The van der Waals surface area contributed by atoms with E-state index in [2.05, 4.69) is 20.2 Å². The monoisotopic (exact) mass is 445 g/mol. The summed E-state index contributed by atoms with van der Waals surface area (Å²) in [6.07, 6.45) is 1.57. The van der Waals surface area contributed by atoms with E-state index in [4.69, 9.17) is 15.6 Å². The van der Waals surface area contributed by atoms with Crippen molar-refractivity contribution in [2.75, 3.05) is 5.06 Å². The maximum atomic E-state index is 12.7. The van der Waals surface area contributed by atoms with Crippen molar-refractivity contribution in [3.8, 4) is 11.3 Å². The molecular formula is C17H15N7O4S2. The molecule has 2 heterocycles. The summed E-state index contributed by atoms with van der Waals surface area (Å²) in [5.74, 6) is -0.622. The Kier molecular flexibility index (Phi) is 6.28. The lowest BCUT2D eigenvalue weighted by Gasteiger charge is -2.15. The smallest absolute Gasteiger partial charge is 0.267 e. The molecule has 0 saturated carbocycles. The maximum Gasteiger partial charge on any atom is 0.267 e. The summed E-state index contributed by atoms with van der Waals surface area (Å²) >= 11 is 0.628. The minimum absolute atomic E-state index is 0.0968. The lowest BCUT2D eigenvalue weighted by atomic mass is 10.1. The second kappa shape index (κ2) is 8.88. The summed E-state index contributed by atoms with van der Waals surface area (Å²) in [6, 6.07) is 12.7. The fourth-order valence-electron chi connectivity index (χ4n) is 2.53. The molecule has 0 aliphatic heterocycles. The van der Waals surface area contributed by atoms with Crippen LogP contribution in [0.25, 0.3) is 21.7 Å². The first-order valence-electron chi connectivity index (χ1n) is 8.34. The zero-order chi connectivity index (χ0) is 21.7. The number of benzene rings is 1. The molecule has 0 aliphatic carbocycles. The molecule has 11 nitrogen and oxygen atoms in total. The highest BCUT2D eigenvalue weighted by molar-refractivity contribution is 7.91. The maximum absolute atomic E-state index is 12.7. The Morgan fingerprint density at radius 2 is 2.03 bits per heavy atom. The van der Waals surface area contributed by atoms with Crippen molar-refractivity contribution in [2.24, 2.45) is 10.4 Å². The Hall–Kier alpha value is -3.51. The van der Waals surface area contributed by atoms with Crippen LogP contribution in [0.1, 0.15) is 11.3 Å². The Morgan fingerprint density at radius 1 is 1.30 bits per heavy atom. The van der Waals surface area contributed by atoms with Gasteiger partial charge in [0.1, 0.15) is 5.28 Å².